The molecule has 1 atom stereocenters. The van der Waals surface area contributed by atoms with Crippen molar-refractivity contribution in [1.29, 1.82) is 0 Å². The van der Waals surface area contributed by atoms with Gasteiger partial charge in [0.05, 0.1) is 0 Å². The Balaban J connectivity index is 1.75. The largest absolute Gasteiger partial charge is 0.418 e. The molecule has 1 aromatic heterocycles. The summed E-state index contributed by atoms with van der Waals surface area (Å²) in [5.41, 5.74) is 4.37. The lowest BCUT2D eigenvalue weighted by molar-refractivity contribution is 0.485. The number of aromatic nitrogens is 2. The first-order valence-corrected chi connectivity index (χ1v) is 9.08. The van der Waals surface area contributed by atoms with Crippen molar-refractivity contribution in [2.24, 2.45) is 0 Å². The Kier molecular flexibility index (Phi) is 4.89. The fourth-order valence-corrected chi connectivity index (χ4v) is 3.26. The summed E-state index contributed by atoms with van der Waals surface area (Å²) in [5.74, 6) is 0.381. The molecule has 0 unspecified atom stereocenters. The predicted molar refractivity (Wildman–Crippen MR) is 108 cm³/mol. The fourth-order valence-electron chi connectivity index (χ4n) is 3.26. The van der Waals surface area contributed by atoms with Crippen LogP contribution in [0.4, 0.5) is 10.1 Å². The van der Waals surface area contributed by atoms with Crippen LogP contribution in [0.2, 0.25) is 0 Å². The molecule has 0 aliphatic carbocycles. The van der Waals surface area contributed by atoms with E-state index in [1.807, 2.05) is 56.3 Å². The van der Waals surface area contributed by atoms with E-state index >= 15 is 0 Å². The molecule has 4 rings (SSSR count). The Morgan fingerprint density at radius 3 is 2.25 bits per heavy atom. The first kappa shape index (κ1) is 17.9. The summed E-state index contributed by atoms with van der Waals surface area (Å²) in [6.45, 7) is 4.05. The summed E-state index contributed by atoms with van der Waals surface area (Å²) < 4.78 is 20.5. The lowest BCUT2D eigenvalue weighted by Crippen LogP contribution is -2.14. The highest BCUT2D eigenvalue weighted by Gasteiger charge is 2.24. The molecule has 0 amide bonds. The van der Waals surface area contributed by atoms with Crippen LogP contribution in [0.5, 0.6) is 0 Å². The first-order chi connectivity index (χ1) is 13.6. The van der Waals surface area contributed by atoms with E-state index in [9.17, 15) is 4.39 Å². The summed E-state index contributed by atoms with van der Waals surface area (Å²) in [7, 11) is 0. The average molecular weight is 373 g/mol. The van der Waals surface area contributed by atoms with E-state index in [-0.39, 0.29) is 5.82 Å². The van der Waals surface area contributed by atoms with Gasteiger partial charge in [-0.3, -0.25) is 0 Å². The maximum absolute atomic E-state index is 14.6. The van der Waals surface area contributed by atoms with Gasteiger partial charge in [0, 0.05) is 16.8 Å². The number of benzene rings is 3. The molecule has 0 saturated carbocycles. The van der Waals surface area contributed by atoms with Crippen LogP contribution in [-0.2, 0) is 0 Å². The number of aryl methyl sites for hydroxylation is 2. The molecular weight excluding hydrogens is 353 g/mol. The third-order valence-corrected chi connectivity index (χ3v) is 4.46. The molecule has 0 fully saturated rings. The van der Waals surface area contributed by atoms with Crippen molar-refractivity contribution >= 4 is 5.69 Å². The molecule has 1 heterocycles. The Bertz CT molecular complexity index is 1070. The topological polar surface area (TPSA) is 51.0 Å². The van der Waals surface area contributed by atoms with E-state index in [2.05, 4.69) is 21.6 Å². The second-order valence-corrected chi connectivity index (χ2v) is 6.79. The highest BCUT2D eigenvalue weighted by atomic mass is 19.1. The van der Waals surface area contributed by atoms with Crippen molar-refractivity contribution < 1.29 is 8.81 Å². The summed E-state index contributed by atoms with van der Waals surface area (Å²) in [5, 5.41) is 11.7. The molecule has 28 heavy (non-hydrogen) atoms. The van der Waals surface area contributed by atoms with Crippen molar-refractivity contribution in [3.05, 3.63) is 101 Å². The number of nitrogens with one attached hydrogen (secondary N) is 1. The monoisotopic (exact) mass is 373 g/mol. The number of halogens is 1. The van der Waals surface area contributed by atoms with Crippen molar-refractivity contribution in [3.8, 4) is 11.5 Å². The van der Waals surface area contributed by atoms with Crippen LogP contribution in [-0.4, -0.2) is 10.2 Å². The lowest BCUT2D eigenvalue weighted by atomic mass is 10.0. The quantitative estimate of drug-likeness (QED) is 0.488. The average Bonchev–Trinajstić information content (AvgIpc) is 3.17. The molecular formula is C23H20FN3O. The SMILES string of the molecule is Cc1cc(C)cc(N[C@H](c2nnc(-c3ccccc3)o2)c2ccccc2F)c1. The number of anilines is 1. The molecule has 140 valence electrons. The minimum absolute atomic E-state index is 0.308. The van der Waals surface area contributed by atoms with Gasteiger partial charge in [-0.1, -0.05) is 42.5 Å². The Labute approximate surface area is 163 Å². The van der Waals surface area contributed by atoms with Crippen molar-refractivity contribution in [2.45, 2.75) is 19.9 Å². The number of hydrogen-bond donors (Lipinski definition) is 1. The van der Waals surface area contributed by atoms with E-state index in [4.69, 9.17) is 4.42 Å². The third kappa shape index (κ3) is 3.78. The minimum atomic E-state index is -0.604. The van der Waals surface area contributed by atoms with Gasteiger partial charge < -0.3 is 9.73 Å². The highest BCUT2D eigenvalue weighted by Crippen LogP contribution is 2.30. The smallest absolute Gasteiger partial charge is 0.247 e. The Morgan fingerprint density at radius 2 is 1.54 bits per heavy atom. The van der Waals surface area contributed by atoms with Crippen molar-refractivity contribution in [3.63, 3.8) is 0 Å². The van der Waals surface area contributed by atoms with E-state index in [1.165, 1.54) is 6.07 Å². The third-order valence-electron chi connectivity index (χ3n) is 4.46. The predicted octanol–water partition coefficient (Wildman–Crippen LogP) is 5.69. The normalized spacial score (nSPS) is 12.0. The van der Waals surface area contributed by atoms with Gasteiger partial charge in [0.15, 0.2) is 0 Å². The number of rotatable bonds is 5. The van der Waals surface area contributed by atoms with Crippen LogP contribution in [0.25, 0.3) is 11.5 Å². The molecule has 0 saturated heterocycles. The van der Waals surface area contributed by atoms with Crippen LogP contribution in [0.1, 0.15) is 28.6 Å². The van der Waals surface area contributed by atoms with E-state index in [0.717, 1.165) is 22.4 Å². The van der Waals surface area contributed by atoms with Gasteiger partial charge in [-0.25, -0.2) is 4.39 Å². The van der Waals surface area contributed by atoms with Crippen LogP contribution in [0, 0.1) is 19.7 Å². The maximum atomic E-state index is 14.6. The van der Waals surface area contributed by atoms with Gasteiger partial charge >= 0.3 is 0 Å². The lowest BCUT2D eigenvalue weighted by Gasteiger charge is -2.18. The van der Waals surface area contributed by atoms with Crippen molar-refractivity contribution in [2.75, 3.05) is 5.32 Å². The highest BCUT2D eigenvalue weighted by molar-refractivity contribution is 5.54. The molecule has 0 bridgehead atoms. The van der Waals surface area contributed by atoms with E-state index in [0.29, 0.717) is 17.3 Å². The van der Waals surface area contributed by atoms with E-state index in [1.54, 1.807) is 18.2 Å². The molecule has 5 heteroatoms. The molecule has 1 N–H and O–H groups in total. The summed E-state index contributed by atoms with van der Waals surface area (Å²) in [6.07, 6.45) is 0. The van der Waals surface area contributed by atoms with Gasteiger partial charge in [-0.2, -0.15) is 0 Å². The maximum Gasteiger partial charge on any atom is 0.247 e. The molecule has 0 radical (unpaired) electrons. The molecule has 0 aliphatic rings. The summed E-state index contributed by atoms with van der Waals surface area (Å²) >= 11 is 0. The first-order valence-electron chi connectivity index (χ1n) is 9.08. The second kappa shape index (κ2) is 7.64. The van der Waals surface area contributed by atoms with Crippen LogP contribution >= 0.6 is 0 Å². The Hall–Kier alpha value is -3.47. The number of hydrogen-bond acceptors (Lipinski definition) is 4. The minimum Gasteiger partial charge on any atom is -0.418 e. The zero-order valence-electron chi connectivity index (χ0n) is 15.7. The van der Waals surface area contributed by atoms with Gasteiger partial charge in [0.1, 0.15) is 11.9 Å². The van der Waals surface area contributed by atoms with Gasteiger partial charge in [0.25, 0.3) is 0 Å². The van der Waals surface area contributed by atoms with Crippen LogP contribution in [0.3, 0.4) is 0 Å². The fraction of sp³-hybridized carbons (Fsp3) is 0.130. The van der Waals surface area contributed by atoms with Crippen molar-refractivity contribution in [1.82, 2.24) is 10.2 Å². The molecule has 3 aromatic carbocycles. The molecule has 4 nitrogen and oxygen atoms in total. The molecule has 0 spiro atoms. The van der Waals surface area contributed by atoms with Gasteiger partial charge in [-0.15, -0.1) is 10.2 Å². The zero-order valence-corrected chi connectivity index (χ0v) is 15.7. The van der Waals surface area contributed by atoms with E-state index < -0.39 is 6.04 Å². The van der Waals surface area contributed by atoms with Gasteiger partial charge in [0.2, 0.25) is 11.8 Å². The van der Waals surface area contributed by atoms with Crippen LogP contribution < -0.4 is 5.32 Å². The second-order valence-electron chi connectivity index (χ2n) is 6.79. The summed E-state index contributed by atoms with van der Waals surface area (Å²) in [4.78, 5) is 0. The standard InChI is InChI=1S/C23H20FN3O/c1-15-12-16(2)14-18(13-15)25-21(19-10-6-7-11-20(19)24)23-27-26-22(28-23)17-8-4-3-5-9-17/h3-14,21,25H,1-2H3/t21-/m0/s1. The van der Waals surface area contributed by atoms with Gasteiger partial charge in [-0.05, 0) is 55.3 Å². The molecule has 0 aliphatic heterocycles. The molecule has 4 aromatic rings. The number of nitrogens with zero attached hydrogens (tertiary/aromatic N) is 2. The summed E-state index contributed by atoms with van der Waals surface area (Å²) in [6, 6.07) is 21.6. The van der Waals surface area contributed by atoms with Crippen LogP contribution in [0.15, 0.2) is 77.2 Å². The zero-order chi connectivity index (χ0) is 19.5. The Morgan fingerprint density at radius 1 is 0.857 bits per heavy atom.